The number of rotatable bonds is 2. The molecule has 2 aromatic heterocycles. The fourth-order valence-corrected chi connectivity index (χ4v) is 1.57. The molecule has 0 saturated carbocycles. The number of nitrogens with zero attached hydrogens (tertiary/aromatic N) is 4. The summed E-state index contributed by atoms with van der Waals surface area (Å²) in [6, 6.07) is 0. The molecule has 0 atom stereocenters. The molecule has 15 heavy (non-hydrogen) atoms. The highest BCUT2D eigenvalue weighted by molar-refractivity contribution is 6.30. The van der Waals surface area contributed by atoms with Crippen LogP contribution in [0.2, 0.25) is 5.15 Å². The van der Waals surface area contributed by atoms with Crippen molar-refractivity contribution in [1.82, 2.24) is 19.5 Å². The Hall–Kier alpha value is -1.42. The summed E-state index contributed by atoms with van der Waals surface area (Å²) in [5.41, 5.74) is 1.65. The van der Waals surface area contributed by atoms with Gasteiger partial charge in [-0.25, -0.2) is 15.0 Å². The Morgan fingerprint density at radius 2 is 2.13 bits per heavy atom. The summed E-state index contributed by atoms with van der Waals surface area (Å²) in [5.74, 6) is 0.833. The molecule has 0 N–H and O–H groups in total. The standard InChI is InChI=1S/C10H11ClN4/c1-3-15-5-4-12-10(15)8-7(2)9(11)14-6-13-8/h4-6H,3H2,1-2H3. The molecule has 0 aliphatic carbocycles. The summed E-state index contributed by atoms with van der Waals surface area (Å²) in [6.07, 6.45) is 5.14. The highest BCUT2D eigenvalue weighted by atomic mass is 35.5. The lowest BCUT2D eigenvalue weighted by Gasteiger charge is -2.06. The average molecular weight is 223 g/mol. The van der Waals surface area contributed by atoms with Crippen LogP contribution >= 0.6 is 11.6 Å². The minimum absolute atomic E-state index is 0.477. The zero-order valence-electron chi connectivity index (χ0n) is 8.61. The Bertz CT molecular complexity index is 478. The zero-order valence-corrected chi connectivity index (χ0v) is 9.36. The highest BCUT2D eigenvalue weighted by Gasteiger charge is 2.11. The van der Waals surface area contributed by atoms with Gasteiger partial charge in [-0.2, -0.15) is 0 Å². The Morgan fingerprint density at radius 3 is 2.87 bits per heavy atom. The van der Waals surface area contributed by atoms with E-state index in [0.717, 1.165) is 23.6 Å². The van der Waals surface area contributed by atoms with Gasteiger partial charge in [0, 0.05) is 24.5 Å². The number of aryl methyl sites for hydroxylation is 1. The number of hydrogen-bond acceptors (Lipinski definition) is 3. The van der Waals surface area contributed by atoms with Gasteiger partial charge in [0.15, 0.2) is 5.82 Å². The molecule has 0 aromatic carbocycles. The topological polar surface area (TPSA) is 43.6 Å². The maximum Gasteiger partial charge on any atom is 0.159 e. The van der Waals surface area contributed by atoms with E-state index in [0.29, 0.717) is 5.15 Å². The third-order valence-electron chi connectivity index (χ3n) is 2.29. The second-order valence-corrected chi connectivity index (χ2v) is 3.53. The molecule has 0 aliphatic rings. The van der Waals surface area contributed by atoms with Gasteiger partial charge in [0.2, 0.25) is 0 Å². The largest absolute Gasteiger partial charge is 0.330 e. The highest BCUT2D eigenvalue weighted by Crippen LogP contribution is 2.22. The number of halogens is 1. The van der Waals surface area contributed by atoms with Crippen molar-refractivity contribution < 1.29 is 0 Å². The van der Waals surface area contributed by atoms with Crippen molar-refractivity contribution in [1.29, 1.82) is 0 Å². The molecule has 0 aliphatic heterocycles. The van der Waals surface area contributed by atoms with E-state index >= 15 is 0 Å². The third kappa shape index (κ3) is 1.72. The van der Waals surface area contributed by atoms with Gasteiger partial charge in [0.25, 0.3) is 0 Å². The summed E-state index contributed by atoms with van der Waals surface area (Å²) >= 11 is 5.94. The lowest BCUT2D eigenvalue weighted by Crippen LogP contribution is -2.00. The number of imidazole rings is 1. The molecule has 2 rings (SSSR count). The summed E-state index contributed by atoms with van der Waals surface area (Å²) in [4.78, 5) is 12.4. The quantitative estimate of drug-likeness (QED) is 0.733. The Kier molecular flexibility index (Phi) is 2.68. The second kappa shape index (κ2) is 3.98. The molecule has 2 heterocycles. The molecular weight excluding hydrogens is 212 g/mol. The van der Waals surface area contributed by atoms with Crippen LogP contribution in [0.1, 0.15) is 12.5 Å². The van der Waals surface area contributed by atoms with E-state index in [1.165, 1.54) is 6.33 Å². The molecule has 4 nitrogen and oxygen atoms in total. The van der Waals surface area contributed by atoms with Gasteiger partial charge in [-0.05, 0) is 13.8 Å². The maximum absolute atomic E-state index is 5.94. The Labute approximate surface area is 93.0 Å². The van der Waals surface area contributed by atoms with Gasteiger partial charge < -0.3 is 4.57 Å². The molecule has 0 bridgehead atoms. The van der Waals surface area contributed by atoms with Crippen LogP contribution in [0.15, 0.2) is 18.7 Å². The van der Waals surface area contributed by atoms with Gasteiger partial charge in [-0.15, -0.1) is 0 Å². The van der Waals surface area contributed by atoms with Gasteiger partial charge >= 0.3 is 0 Å². The second-order valence-electron chi connectivity index (χ2n) is 3.17. The zero-order chi connectivity index (χ0) is 10.8. The van der Waals surface area contributed by atoms with E-state index in [4.69, 9.17) is 11.6 Å². The first-order valence-corrected chi connectivity index (χ1v) is 5.10. The van der Waals surface area contributed by atoms with Crippen molar-refractivity contribution in [2.45, 2.75) is 20.4 Å². The van der Waals surface area contributed by atoms with Crippen molar-refractivity contribution in [3.05, 3.63) is 29.4 Å². The summed E-state index contributed by atoms with van der Waals surface area (Å²) in [5, 5.41) is 0.477. The lowest BCUT2D eigenvalue weighted by atomic mass is 10.2. The molecule has 0 radical (unpaired) electrons. The normalized spacial score (nSPS) is 10.6. The molecule has 5 heteroatoms. The smallest absolute Gasteiger partial charge is 0.159 e. The van der Waals surface area contributed by atoms with Crippen LogP contribution in [-0.4, -0.2) is 19.5 Å². The van der Waals surface area contributed by atoms with E-state index < -0.39 is 0 Å². The van der Waals surface area contributed by atoms with Crippen molar-refractivity contribution >= 4 is 11.6 Å². The predicted octanol–water partition coefficient (Wildman–Crippen LogP) is 2.32. The van der Waals surface area contributed by atoms with Crippen LogP contribution in [-0.2, 0) is 6.54 Å². The summed E-state index contributed by atoms with van der Waals surface area (Å²) < 4.78 is 2.02. The van der Waals surface area contributed by atoms with E-state index in [1.807, 2.05) is 17.7 Å². The van der Waals surface area contributed by atoms with E-state index in [1.54, 1.807) is 6.20 Å². The molecule has 0 unspecified atom stereocenters. The average Bonchev–Trinajstić information content (AvgIpc) is 2.70. The van der Waals surface area contributed by atoms with Crippen molar-refractivity contribution in [3.8, 4) is 11.5 Å². The summed E-state index contributed by atoms with van der Waals surface area (Å²) in [7, 11) is 0. The van der Waals surface area contributed by atoms with Crippen LogP contribution in [0.4, 0.5) is 0 Å². The van der Waals surface area contributed by atoms with Crippen molar-refractivity contribution in [2.75, 3.05) is 0 Å². The van der Waals surface area contributed by atoms with Gasteiger partial charge in [0.1, 0.15) is 17.2 Å². The van der Waals surface area contributed by atoms with E-state index in [9.17, 15) is 0 Å². The predicted molar refractivity (Wildman–Crippen MR) is 58.7 cm³/mol. The molecule has 0 spiro atoms. The third-order valence-corrected chi connectivity index (χ3v) is 2.67. The van der Waals surface area contributed by atoms with Crippen LogP contribution in [0.5, 0.6) is 0 Å². The van der Waals surface area contributed by atoms with E-state index in [2.05, 4.69) is 21.9 Å². The summed E-state index contributed by atoms with van der Waals surface area (Å²) in [6.45, 7) is 4.81. The first kappa shape index (κ1) is 10.1. The molecular formula is C10H11ClN4. The Morgan fingerprint density at radius 1 is 1.33 bits per heavy atom. The first-order chi connectivity index (χ1) is 7.24. The molecule has 0 fully saturated rings. The monoisotopic (exact) mass is 222 g/mol. The van der Waals surface area contributed by atoms with Gasteiger partial charge in [-0.1, -0.05) is 11.6 Å². The number of aromatic nitrogens is 4. The fourth-order valence-electron chi connectivity index (χ4n) is 1.44. The van der Waals surface area contributed by atoms with Gasteiger partial charge in [-0.3, -0.25) is 0 Å². The van der Waals surface area contributed by atoms with Crippen LogP contribution in [0.3, 0.4) is 0 Å². The van der Waals surface area contributed by atoms with Crippen molar-refractivity contribution in [3.63, 3.8) is 0 Å². The first-order valence-electron chi connectivity index (χ1n) is 4.72. The van der Waals surface area contributed by atoms with Crippen molar-refractivity contribution in [2.24, 2.45) is 0 Å². The maximum atomic E-state index is 5.94. The van der Waals surface area contributed by atoms with Crippen LogP contribution < -0.4 is 0 Å². The molecule has 78 valence electrons. The Balaban J connectivity index is 2.59. The fraction of sp³-hybridized carbons (Fsp3) is 0.300. The lowest BCUT2D eigenvalue weighted by molar-refractivity contribution is 0.766. The van der Waals surface area contributed by atoms with E-state index in [-0.39, 0.29) is 0 Å². The minimum atomic E-state index is 0.477. The molecule has 0 saturated heterocycles. The van der Waals surface area contributed by atoms with Crippen LogP contribution in [0, 0.1) is 6.92 Å². The number of hydrogen-bond donors (Lipinski definition) is 0. The van der Waals surface area contributed by atoms with Crippen LogP contribution in [0.25, 0.3) is 11.5 Å². The SMILES string of the molecule is CCn1ccnc1-c1ncnc(Cl)c1C. The minimum Gasteiger partial charge on any atom is -0.330 e. The molecule has 2 aromatic rings. The molecule has 0 amide bonds. The van der Waals surface area contributed by atoms with Gasteiger partial charge in [0.05, 0.1) is 0 Å².